The molecule has 0 saturated carbocycles. The van der Waals surface area contributed by atoms with Crippen molar-refractivity contribution in [1.82, 2.24) is 0 Å². The van der Waals surface area contributed by atoms with E-state index in [-0.39, 0.29) is 5.48 Å². The first-order chi connectivity index (χ1) is 3.39. The number of aromatic nitrogens is 1. The van der Waals surface area contributed by atoms with Gasteiger partial charge in [0.2, 0.25) is 0 Å². The van der Waals surface area contributed by atoms with Crippen LogP contribution in [0, 0.1) is 0 Å². The van der Waals surface area contributed by atoms with E-state index in [1.54, 1.807) is 0 Å². The van der Waals surface area contributed by atoms with Crippen molar-refractivity contribution in [2.75, 3.05) is 0 Å². The second-order valence-corrected chi connectivity index (χ2v) is 1.54. The average Bonchev–Trinajstić information content (AvgIpc) is 1.69. The second-order valence-electron chi connectivity index (χ2n) is 1.54. The lowest BCUT2D eigenvalue weighted by Crippen LogP contribution is -2.25. The summed E-state index contributed by atoms with van der Waals surface area (Å²) in [6.07, 6.45) is 4.00. The van der Waals surface area contributed by atoms with Gasteiger partial charge in [-0.3, -0.25) is 0 Å². The Balaban J connectivity index is 0.000000490. The lowest BCUT2D eigenvalue weighted by molar-refractivity contribution is -0.671. The Labute approximate surface area is 48.7 Å². The Morgan fingerprint density at radius 2 is 1.50 bits per heavy atom. The molecular weight excluding hydrogens is 102 g/mol. The van der Waals surface area contributed by atoms with E-state index in [1.807, 2.05) is 42.2 Å². The van der Waals surface area contributed by atoms with Gasteiger partial charge >= 0.3 is 0 Å². The van der Waals surface area contributed by atoms with Gasteiger partial charge in [0.15, 0.2) is 12.4 Å². The van der Waals surface area contributed by atoms with E-state index < -0.39 is 0 Å². The van der Waals surface area contributed by atoms with Crippen LogP contribution >= 0.6 is 0 Å². The van der Waals surface area contributed by atoms with Crippen molar-refractivity contribution in [3.8, 4) is 0 Å². The Bertz CT molecular complexity index is 138. The van der Waals surface area contributed by atoms with Crippen LogP contribution in [0.1, 0.15) is 0 Å². The summed E-state index contributed by atoms with van der Waals surface area (Å²) in [4.78, 5) is 0. The van der Waals surface area contributed by atoms with Gasteiger partial charge in [-0.1, -0.05) is 6.07 Å². The SMILES string of the molecule is C[n+]1ccccc1.[OH-]. The van der Waals surface area contributed by atoms with Crippen molar-refractivity contribution < 1.29 is 10.0 Å². The molecule has 0 amide bonds. The molecule has 1 N–H and O–H groups in total. The molecule has 1 rings (SSSR count). The van der Waals surface area contributed by atoms with Crippen LogP contribution < -0.4 is 4.57 Å². The molecule has 0 aromatic carbocycles. The first-order valence-electron chi connectivity index (χ1n) is 2.30. The highest BCUT2D eigenvalue weighted by Crippen LogP contribution is 1.71. The highest BCUT2D eigenvalue weighted by Gasteiger charge is 1.78. The van der Waals surface area contributed by atoms with Gasteiger partial charge in [0.25, 0.3) is 0 Å². The molecule has 0 aliphatic rings. The Morgan fingerprint density at radius 3 is 1.75 bits per heavy atom. The number of aryl methyl sites for hydroxylation is 1. The fourth-order valence-electron chi connectivity index (χ4n) is 0.485. The molecule has 2 heteroatoms. The Hall–Kier alpha value is -0.890. The van der Waals surface area contributed by atoms with Crippen LogP contribution in [-0.4, -0.2) is 5.48 Å². The van der Waals surface area contributed by atoms with Crippen LogP contribution in [0.5, 0.6) is 0 Å². The molecule has 0 unspecified atom stereocenters. The molecule has 0 atom stereocenters. The molecule has 1 aromatic rings. The van der Waals surface area contributed by atoms with Gasteiger partial charge in [-0.2, -0.15) is 0 Å². The van der Waals surface area contributed by atoms with E-state index in [0.717, 1.165) is 0 Å². The zero-order valence-corrected chi connectivity index (χ0v) is 4.78. The smallest absolute Gasteiger partial charge is 0.168 e. The normalized spacial score (nSPS) is 7.62. The predicted molar refractivity (Wildman–Crippen MR) is 29.6 cm³/mol. The summed E-state index contributed by atoms with van der Waals surface area (Å²) in [6, 6.07) is 6.00. The minimum Gasteiger partial charge on any atom is -0.870 e. The topological polar surface area (TPSA) is 33.9 Å². The average molecular weight is 111 g/mol. The first kappa shape index (κ1) is 7.11. The number of pyridine rings is 1. The van der Waals surface area contributed by atoms with Crippen molar-refractivity contribution in [2.45, 2.75) is 0 Å². The van der Waals surface area contributed by atoms with E-state index in [9.17, 15) is 0 Å². The maximum atomic E-state index is 2.00. The summed E-state index contributed by atoms with van der Waals surface area (Å²) in [7, 11) is 2.00. The summed E-state index contributed by atoms with van der Waals surface area (Å²) < 4.78 is 2.00. The van der Waals surface area contributed by atoms with Gasteiger partial charge in [0, 0.05) is 12.1 Å². The molecule has 0 radical (unpaired) electrons. The van der Waals surface area contributed by atoms with E-state index in [0.29, 0.717) is 0 Å². The molecule has 0 bridgehead atoms. The molecular formula is C6H9NO. The van der Waals surface area contributed by atoms with Crippen LogP contribution in [0.25, 0.3) is 0 Å². The van der Waals surface area contributed by atoms with Crippen LogP contribution in [0.3, 0.4) is 0 Å². The quantitative estimate of drug-likeness (QED) is 0.444. The molecule has 0 fully saturated rings. The number of hydrogen-bond acceptors (Lipinski definition) is 1. The molecule has 0 aliphatic heterocycles. The summed E-state index contributed by atoms with van der Waals surface area (Å²) in [6.45, 7) is 0. The monoisotopic (exact) mass is 111 g/mol. The highest BCUT2D eigenvalue weighted by atomic mass is 16.0. The molecule has 0 aliphatic carbocycles. The van der Waals surface area contributed by atoms with Gasteiger partial charge < -0.3 is 5.48 Å². The molecule has 0 spiro atoms. The van der Waals surface area contributed by atoms with Crippen molar-refractivity contribution >= 4 is 0 Å². The summed E-state index contributed by atoms with van der Waals surface area (Å²) >= 11 is 0. The van der Waals surface area contributed by atoms with Crippen molar-refractivity contribution in [2.24, 2.45) is 7.05 Å². The zero-order chi connectivity index (χ0) is 5.11. The molecule has 2 nitrogen and oxygen atoms in total. The standard InChI is InChI=1S/C6H8N.H2O/c1-7-5-3-2-4-6-7;/h2-6H,1H3;1H2/q+1;/p-1. The molecule has 8 heavy (non-hydrogen) atoms. The van der Waals surface area contributed by atoms with Crippen molar-refractivity contribution in [3.05, 3.63) is 30.6 Å². The van der Waals surface area contributed by atoms with Crippen molar-refractivity contribution in [3.63, 3.8) is 0 Å². The van der Waals surface area contributed by atoms with Crippen LogP contribution in [-0.2, 0) is 7.05 Å². The van der Waals surface area contributed by atoms with E-state index >= 15 is 0 Å². The minimum atomic E-state index is 0. The minimum absolute atomic E-state index is 0. The van der Waals surface area contributed by atoms with Gasteiger partial charge in [-0.05, 0) is 0 Å². The van der Waals surface area contributed by atoms with Crippen LogP contribution in [0.2, 0.25) is 0 Å². The van der Waals surface area contributed by atoms with Crippen LogP contribution in [0.4, 0.5) is 0 Å². The third kappa shape index (κ3) is 1.71. The molecule has 44 valence electrons. The largest absolute Gasteiger partial charge is 0.870 e. The van der Waals surface area contributed by atoms with Gasteiger partial charge in [0.05, 0.1) is 0 Å². The van der Waals surface area contributed by atoms with Crippen molar-refractivity contribution in [1.29, 1.82) is 0 Å². The van der Waals surface area contributed by atoms with Gasteiger partial charge in [-0.25, -0.2) is 4.57 Å². The second kappa shape index (κ2) is 3.16. The molecule has 1 aromatic heterocycles. The van der Waals surface area contributed by atoms with Gasteiger partial charge in [-0.15, -0.1) is 0 Å². The summed E-state index contributed by atoms with van der Waals surface area (Å²) in [5, 5.41) is 0. The number of hydrogen-bond donors (Lipinski definition) is 0. The molecule has 0 saturated heterocycles. The predicted octanol–water partition coefficient (Wildman–Crippen LogP) is 0.334. The molecule has 1 heterocycles. The summed E-state index contributed by atoms with van der Waals surface area (Å²) in [5.74, 6) is 0. The Morgan fingerprint density at radius 1 is 1.00 bits per heavy atom. The summed E-state index contributed by atoms with van der Waals surface area (Å²) in [5.41, 5.74) is 0. The van der Waals surface area contributed by atoms with E-state index in [2.05, 4.69) is 0 Å². The first-order valence-corrected chi connectivity index (χ1v) is 2.30. The number of nitrogens with zero attached hydrogens (tertiary/aromatic N) is 1. The maximum absolute atomic E-state index is 2.00. The fraction of sp³-hybridized carbons (Fsp3) is 0.167. The maximum Gasteiger partial charge on any atom is 0.168 e. The van der Waals surface area contributed by atoms with Crippen LogP contribution in [0.15, 0.2) is 30.6 Å². The van der Waals surface area contributed by atoms with Gasteiger partial charge in [0.1, 0.15) is 7.05 Å². The van der Waals surface area contributed by atoms with E-state index in [4.69, 9.17) is 0 Å². The third-order valence-corrected chi connectivity index (χ3v) is 0.865. The lowest BCUT2D eigenvalue weighted by atomic mass is 10.5. The fourth-order valence-corrected chi connectivity index (χ4v) is 0.485. The lowest BCUT2D eigenvalue weighted by Gasteiger charge is -1.77. The van der Waals surface area contributed by atoms with E-state index in [1.165, 1.54) is 0 Å². The number of rotatable bonds is 0. The zero-order valence-electron chi connectivity index (χ0n) is 4.78. The highest BCUT2D eigenvalue weighted by molar-refractivity contribution is 4.83. The Kier molecular flexibility index (Phi) is 2.80. The third-order valence-electron chi connectivity index (χ3n) is 0.865.